The highest BCUT2D eigenvalue weighted by molar-refractivity contribution is 5.93. The summed E-state index contributed by atoms with van der Waals surface area (Å²) in [5, 5.41) is 12.0. The Labute approximate surface area is 180 Å². The number of nitro groups is 1. The second-order valence-corrected chi connectivity index (χ2v) is 7.88. The number of pyridine rings is 2. The average molecular weight is 422 g/mol. The van der Waals surface area contributed by atoms with Crippen molar-refractivity contribution in [1.29, 1.82) is 0 Å². The summed E-state index contributed by atoms with van der Waals surface area (Å²) < 4.78 is 1.51. The van der Waals surface area contributed by atoms with Crippen LogP contribution in [0.1, 0.15) is 25.3 Å². The third-order valence-electron chi connectivity index (χ3n) is 5.83. The first kappa shape index (κ1) is 21.0. The lowest BCUT2D eigenvalue weighted by Crippen LogP contribution is -2.46. The summed E-state index contributed by atoms with van der Waals surface area (Å²) in [7, 11) is 0. The first-order valence-corrected chi connectivity index (χ1v) is 10.8. The molecule has 4 rings (SSSR count). The van der Waals surface area contributed by atoms with Gasteiger partial charge in [-0.3, -0.25) is 24.8 Å². The van der Waals surface area contributed by atoms with Gasteiger partial charge in [-0.2, -0.15) is 0 Å². The molecule has 0 radical (unpaired) electrons. The SMILES string of the molecule is CCCCn1c(=O)c([N+](=O)[O-])c(N2CCN(Cc3ccccc3)CC2)c2ncccc21. The van der Waals surface area contributed by atoms with Crippen molar-refractivity contribution < 1.29 is 4.92 Å². The number of anilines is 1. The smallest absolute Gasteiger partial charge is 0.359 e. The molecule has 1 fully saturated rings. The Bertz CT molecular complexity index is 1120. The Morgan fingerprint density at radius 2 is 1.81 bits per heavy atom. The van der Waals surface area contributed by atoms with Gasteiger partial charge >= 0.3 is 11.2 Å². The zero-order valence-electron chi connectivity index (χ0n) is 17.7. The number of unbranched alkanes of at least 4 members (excludes halogenated alkanes) is 1. The summed E-state index contributed by atoms with van der Waals surface area (Å²) in [5.74, 6) is 0. The number of fused-ring (bicyclic) bond motifs is 1. The first-order chi connectivity index (χ1) is 15.1. The van der Waals surface area contributed by atoms with E-state index in [2.05, 4.69) is 22.0 Å². The Morgan fingerprint density at radius 1 is 1.06 bits per heavy atom. The van der Waals surface area contributed by atoms with Crippen molar-refractivity contribution in [3.63, 3.8) is 0 Å². The molecule has 0 unspecified atom stereocenters. The first-order valence-electron chi connectivity index (χ1n) is 10.8. The molecular weight excluding hydrogens is 394 g/mol. The van der Waals surface area contributed by atoms with Gasteiger partial charge in [0.15, 0.2) is 0 Å². The third-order valence-corrected chi connectivity index (χ3v) is 5.83. The van der Waals surface area contributed by atoms with Gasteiger partial charge in [0.25, 0.3) is 0 Å². The summed E-state index contributed by atoms with van der Waals surface area (Å²) in [4.78, 5) is 33.4. The molecule has 1 saturated heterocycles. The normalized spacial score (nSPS) is 14.8. The Balaban J connectivity index is 1.68. The van der Waals surface area contributed by atoms with Crippen LogP contribution in [0.2, 0.25) is 0 Å². The molecule has 2 aromatic heterocycles. The number of benzene rings is 1. The maximum absolute atomic E-state index is 13.2. The number of aromatic nitrogens is 2. The lowest BCUT2D eigenvalue weighted by atomic mass is 10.1. The molecule has 0 aliphatic carbocycles. The molecule has 3 aromatic rings. The van der Waals surface area contributed by atoms with Crippen molar-refractivity contribution >= 4 is 22.4 Å². The van der Waals surface area contributed by atoms with E-state index in [4.69, 9.17) is 0 Å². The lowest BCUT2D eigenvalue weighted by molar-refractivity contribution is -0.385. The number of nitrogens with zero attached hydrogens (tertiary/aromatic N) is 5. The minimum Gasteiger partial charge on any atom is -0.361 e. The van der Waals surface area contributed by atoms with Crippen molar-refractivity contribution in [2.24, 2.45) is 0 Å². The second-order valence-electron chi connectivity index (χ2n) is 7.88. The minimum atomic E-state index is -0.541. The van der Waals surface area contributed by atoms with Crippen LogP contribution in [0.5, 0.6) is 0 Å². The summed E-state index contributed by atoms with van der Waals surface area (Å²) in [6.45, 7) is 6.06. The highest BCUT2D eigenvalue weighted by Crippen LogP contribution is 2.33. The number of rotatable bonds is 7. The fourth-order valence-corrected chi connectivity index (χ4v) is 4.22. The molecule has 8 heteroatoms. The van der Waals surface area contributed by atoms with Crippen LogP contribution in [-0.4, -0.2) is 45.6 Å². The maximum atomic E-state index is 13.2. The van der Waals surface area contributed by atoms with Gasteiger partial charge in [0.05, 0.1) is 10.4 Å². The van der Waals surface area contributed by atoms with Gasteiger partial charge in [-0.05, 0) is 24.1 Å². The molecule has 0 N–H and O–H groups in total. The maximum Gasteiger partial charge on any atom is 0.359 e. The van der Waals surface area contributed by atoms with E-state index in [9.17, 15) is 14.9 Å². The van der Waals surface area contributed by atoms with E-state index >= 15 is 0 Å². The molecule has 0 bridgehead atoms. The van der Waals surface area contributed by atoms with Crippen molar-refractivity contribution in [2.45, 2.75) is 32.9 Å². The molecule has 1 aliphatic rings. The largest absolute Gasteiger partial charge is 0.361 e. The number of hydrogen-bond acceptors (Lipinski definition) is 6. The number of piperazine rings is 1. The summed E-state index contributed by atoms with van der Waals surface area (Å²) in [6, 6.07) is 13.9. The molecule has 8 nitrogen and oxygen atoms in total. The Morgan fingerprint density at radius 3 is 2.48 bits per heavy atom. The quantitative estimate of drug-likeness (QED) is 0.429. The van der Waals surface area contributed by atoms with E-state index < -0.39 is 10.5 Å². The van der Waals surface area contributed by atoms with Gasteiger partial charge in [-0.1, -0.05) is 43.7 Å². The van der Waals surface area contributed by atoms with Gasteiger partial charge in [-0.15, -0.1) is 0 Å². The van der Waals surface area contributed by atoms with Crippen LogP contribution < -0.4 is 10.5 Å². The van der Waals surface area contributed by atoms with E-state index in [0.717, 1.165) is 32.5 Å². The molecule has 0 saturated carbocycles. The molecule has 1 aromatic carbocycles. The van der Waals surface area contributed by atoms with Crippen LogP contribution in [-0.2, 0) is 13.1 Å². The molecule has 162 valence electrons. The van der Waals surface area contributed by atoms with Crippen molar-refractivity contribution in [2.75, 3.05) is 31.1 Å². The Hall–Kier alpha value is -3.26. The van der Waals surface area contributed by atoms with Gasteiger partial charge in [0.1, 0.15) is 11.2 Å². The van der Waals surface area contributed by atoms with E-state index in [1.54, 1.807) is 12.3 Å². The van der Waals surface area contributed by atoms with Crippen molar-refractivity contribution in [1.82, 2.24) is 14.5 Å². The molecular formula is C23H27N5O3. The van der Waals surface area contributed by atoms with Crippen LogP contribution in [0.15, 0.2) is 53.5 Å². The topological polar surface area (TPSA) is 84.5 Å². The summed E-state index contributed by atoms with van der Waals surface area (Å²) in [6.07, 6.45) is 3.31. The molecule has 0 atom stereocenters. The van der Waals surface area contributed by atoms with Crippen LogP contribution in [0.3, 0.4) is 0 Å². The summed E-state index contributed by atoms with van der Waals surface area (Å²) in [5.41, 5.74) is 1.89. The highest BCUT2D eigenvalue weighted by atomic mass is 16.6. The predicted molar refractivity (Wildman–Crippen MR) is 121 cm³/mol. The van der Waals surface area contributed by atoms with Gasteiger partial charge < -0.3 is 9.47 Å². The third kappa shape index (κ3) is 4.29. The highest BCUT2D eigenvalue weighted by Gasteiger charge is 2.31. The zero-order valence-corrected chi connectivity index (χ0v) is 17.7. The molecule has 0 spiro atoms. The second kappa shape index (κ2) is 9.26. The monoisotopic (exact) mass is 421 g/mol. The molecule has 31 heavy (non-hydrogen) atoms. The number of hydrogen-bond donors (Lipinski definition) is 0. The van der Waals surface area contributed by atoms with E-state index in [0.29, 0.717) is 36.4 Å². The van der Waals surface area contributed by atoms with E-state index in [1.807, 2.05) is 36.1 Å². The molecule has 0 amide bonds. The average Bonchev–Trinajstić information content (AvgIpc) is 2.79. The molecule has 1 aliphatic heterocycles. The number of aryl methyl sites for hydroxylation is 1. The van der Waals surface area contributed by atoms with Crippen LogP contribution in [0.25, 0.3) is 11.0 Å². The fraction of sp³-hybridized carbons (Fsp3) is 0.391. The van der Waals surface area contributed by atoms with E-state index in [-0.39, 0.29) is 5.69 Å². The van der Waals surface area contributed by atoms with Gasteiger partial charge in [0.2, 0.25) is 0 Å². The van der Waals surface area contributed by atoms with Crippen molar-refractivity contribution in [3.05, 3.63) is 74.7 Å². The van der Waals surface area contributed by atoms with Crippen LogP contribution in [0, 0.1) is 10.1 Å². The van der Waals surface area contributed by atoms with Gasteiger partial charge in [0, 0.05) is 45.5 Å². The standard InChI is InChI=1S/C23H27N5O3/c1-2-3-12-27-19-10-7-11-24-20(19)21(22(23(27)29)28(30)31)26-15-13-25(14-16-26)17-18-8-5-4-6-9-18/h4-11H,2-3,12-17H2,1H3. The Kier molecular flexibility index (Phi) is 6.27. The van der Waals surface area contributed by atoms with Crippen LogP contribution in [0.4, 0.5) is 11.4 Å². The predicted octanol–water partition coefficient (Wildman–Crippen LogP) is 3.43. The molecule has 3 heterocycles. The minimum absolute atomic E-state index is 0.359. The zero-order chi connectivity index (χ0) is 21.8. The van der Waals surface area contributed by atoms with Crippen LogP contribution >= 0.6 is 0 Å². The summed E-state index contributed by atoms with van der Waals surface area (Å²) >= 11 is 0. The van der Waals surface area contributed by atoms with E-state index in [1.165, 1.54) is 10.1 Å². The lowest BCUT2D eigenvalue weighted by Gasteiger charge is -2.36. The fourth-order valence-electron chi connectivity index (χ4n) is 4.22. The van der Waals surface area contributed by atoms with Crippen molar-refractivity contribution in [3.8, 4) is 0 Å². The van der Waals surface area contributed by atoms with Gasteiger partial charge in [-0.25, -0.2) is 0 Å².